The molecule has 0 bridgehead atoms. The second-order valence-corrected chi connectivity index (χ2v) is 18.9. The quantitative estimate of drug-likeness (QED) is 0.0347. The van der Waals surface area contributed by atoms with Crippen LogP contribution in [0.4, 0.5) is 9.59 Å². The summed E-state index contributed by atoms with van der Waals surface area (Å²) in [4.78, 5) is 74.7. The molecule has 5 rings (SSSR count). The molecule has 6 N–H and O–H groups in total. The molecule has 0 aliphatic heterocycles. The zero-order chi connectivity index (χ0) is 47.5. The topological polar surface area (TPSA) is 200 Å². The van der Waals surface area contributed by atoms with Crippen LogP contribution in [0.3, 0.4) is 0 Å². The van der Waals surface area contributed by atoms with Gasteiger partial charge in [0.1, 0.15) is 17.2 Å². The van der Waals surface area contributed by atoms with Gasteiger partial charge in [-0.1, -0.05) is 110 Å². The van der Waals surface area contributed by atoms with Gasteiger partial charge < -0.3 is 30.8 Å². The van der Waals surface area contributed by atoms with Crippen LogP contribution in [0.15, 0.2) is 89.5 Å². The molecule has 5 aromatic rings. The number of amides is 5. The zero-order valence-electron chi connectivity index (χ0n) is 38.4. The van der Waals surface area contributed by atoms with Gasteiger partial charge in [-0.05, 0) is 94.1 Å². The number of halogens is 1. The van der Waals surface area contributed by atoms with Crippen LogP contribution in [0.25, 0.3) is 32.8 Å². The van der Waals surface area contributed by atoms with Crippen molar-refractivity contribution in [1.82, 2.24) is 25.4 Å². The van der Waals surface area contributed by atoms with Crippen LogP contribution in [0.5, 0.6) is 0 Å². The number of para-hydroxylation sites is 1. The Bertz CT molecular complexity index is 2520. The van der Waals surface area contributed by atoms with Crippen molar-refractivity contribution in [2.75, 3.05) is 19.6 Å². The molecule has 0 fully saturated rings. The summed E-state index contributed by atoms with van der Waals surface area (Å²) in [5, 5.41) is 17.5. The first-order valence-corrected chi connectivity index (χ1v) is 22.9. The van der Waals surface area contributed by atoms with E-state index in [9.17, 15) is 29.4 Å². The molecule has 0 radical (unpaired) electrons. The molecule has 0 saturated carbocycles. The van der Waals surface area contributed by atoms with E-state index in [-0.39, 0.29) is 37.2 Å². The number of fused-ring (bicyclic) bond motifs is 2. The first kappa shape index (κ1) is 49.8. The van der Waals surface area contributed by atoms with Gasteiger partial charge in [-0.25, -0.2) is 19.4 Å². The Hall–Kier alpha value is -6.22. The number of aromatic amines is 1. The van der Waals surface area contributed by atoms with E-state index < -0.39 is 53.1 Å². The molecule has 1 atom stereocenters. The fraction of sp³-hybridized carbons (Fsp3) is 0.400. The van der Waals surface area contributed by atoms with Crippen molar-refractivity contribution in [3.05, 3.63) is 106 Å². The summed E-state index contributed by atoms with van der Waals surface area (Å²) < 4.78 is 12.0. The van der Waals surface area contributed by atoms with Gasteiger partial charge >= 0.3 is 12.2 Å². The smallest absolute Gasteiger partial charge is 0.417 e. The van der Waals surface area contributed by atoms with Crippen LogP contribution < -0.4 is 16.4 Å². The van der Waals surface area contributed by atoms with Gasteiger partial charge in [-0.15, -0.1) is 0 Å². The van der Waals surface area contributed by atoms with Crippen LogP contribution in [0.1, 0.15) is 113 Å². The number of benzene rings is 4. The van der Waals surface area contributed by atoms with E-state index in [0.717, 1.165) is 63.8 Å². The number of aromatic nitrogens is 1. The maximum Gasteiger partial charge on any atom is 0.417 e. The number of primary amides is 1. The molecular weight excluding hydrogens is 890 g/mol. The molecule has 0 spiro atoms. The molecular formula is C50H62BrN7O7. The number of hydrogen-bond donors (Lipinski definition) is 5. The number of H-pyrrole nitrogens is 1. The summed E-state index contributed by atoms with van der Waals surface area (Å²) >= 11 is 3.51. The lowest BCUT2D eigenvalue weighted by atomic mass is 9.89. The number of guanidine groups is 1. The monoisotopic (exact) mass is 951 g/mol. The van der Waals surface area contributed by atoms with Crippen molar-refractivity contribution in [3.63, 3.8) is 0 Å². The number of rotatable bonds is 17. The van der Waals surface area contributed by atoms with Crippen molar-refractivity contribution in [3.8, 4) is 11.1 Å². The van der Waals surface area contributed by atoms with Gasteiger partial charge in [-0.3, -0.25) is 19.8 Å². The number of carbonyl (C=O) groups excluding carboxylic acids is 5. The minimum atomic E-state index is -1.16. The van der Waals surface area contributed by atoms with E-state index in [2.05, 4.69) is 38.5 Å². The van der Waals surface area contributed by atoms with Crippen LogP contribution in [-0.4, -0.2) is 87.5 Å². The van der Waals surface area contributed by atoms with E-state index in [1.165, 1.54) is 0 Å². The molecule has 4 aromatic carbocycles. The van der Waals surface area contributed by atoms with Crippen molar-refractivity contribution >= 4 is 73.5 Å². The Kier molecular flexibility index (Phi) is 16.9. The first-order valence-electron chi connectivity index (χ1n) is 22.1. The first-order chi connectivity index (χ1) is 30.8. The standard InChI is InChI=1S/C50H62BrN7O7/c1-8-9-10-11-12-17-27-57(47(62)64-49(2,3)4)46(53)58(48(63)65-50(5,6)7)28-26-54-45(61)41(29-33-31-55-40-21-16-15-19-35(33)40)56-44(60)39-30-34(51)23-25-37(39)42-36-20-14-13-18-32(36)22-24-38(42)43(52)59/h13-16,18-25,30-31,41,53,55H,8-12,17,26-29H2,1-7H3,(H2,52,59)(H,54,61)(H,56,60). The number of nitrogens with zero attached hydrogens (tertiary/aromatic N) is 2. The van der Waals surface area contributed by atoms with Gasteiger partial charge in [0, 0.05) is 64.3 Å². The van der Waals surface area contributed by atoms with E-state index >= 15 is 0 Å². The molecule has 5 amide bonds. The van der Waals surface area contributed by atoms with Gasteiger partial charge in [-0.2, -0.15) is 0 Å². The van der Waals surface area contributed by atoms with Crippen molar-refractivity contribution in [2.45, 2.75) is 111 Å². The Labute approximate surface area is 389 Å². The minimum absolute atomic E-state index is 0.0714. The average molecular weight is 953 g/mol. The van der Waals surface area contributed by atoms with Crippen molar-refractivity contribution in [2.24, 2.45) is 5.73 Å². The zero-order valence-corrected chi connectivity index (χ0v) is 40.0. The molecule has 65 heavy (non-hydrogen) atoms. The van der Waals surface area contributed by atoms with E-state index in [0.29, 0.717) is 27.4 Å². The maximum atomic E-state index is 14.6. The summed E-state index contributed by atoms with van der Waals surface area (Å²) in [5.41, 5.74) is 7.02. The summed E-state index contributed by atoms with van der Waals surface area (Å²) in [6.45, 7) is 12.1. The Morgan fingerprint density at radius 2 is 1.38 bits per heavy atom. The van der Waals surface area contributed by atoms with E-state index in [1.807, 2.05) is 48.5 Å². The summed E-state index contributed by atoms with van der Waals surface area (Å²) in [7, 11) is 0. The Morgan fingerprint density at radius 3 is 2.05 bits per heavy atom. The maximum absolute atomic E-state index is 14.6. The summed E-state index contributed by atoms with van der Waals surface area (Å²) in [6, 6.07) is 22.5. The third kappa shape index (κ3) is 13.6. The minimum Gasteiger partial charge on any atom is -0.443 e. The van der Waals surface area contributed by atoms with Crippen LogP contribution in [0, 0.1) is 5.41 Å². The molecule has 0 saturated heterocycles. The second kappa shape index (κ2) is 22.1. The lowest BCUT2D eigenvalue weighted by molar-refractivity contribution is -0.123. The van der Waals surface area contributed by atoms with Crippen molar-refractivity contribution < 1.29 is 33.4 Å². The molecule has 346 valence electrons. The highest BCUT2D eigenvalue weighted by atomic mass is 79.9. The number of hydrogen-bond acceptors (Lipinski definition) is 8. The largest absolute Gasteiger partial charge is 0.443 e. The normalized spacial score (nSPS) is 12.1. The van der Waals surface area contributed by atoms with Gasteiger partial charge in [0.05, 0.1) is 0 Å². The van der Waals surface area contributed by atoms with Crippen LogP contribution in [0.2, 0.25) is 0 Å². The Morgan fingerprint density at radius 1 is 0.769 bits per heavy atom. The summed E-state index contributed by atoms with van der Waals surface area (Å²) in [6.07, 6.45) is 5.78. The van der Waals surface area contributed by atoms with Crippen molar-refractivity contribution in [1.29, 1.82) is 5.41 Å². The van der Waals surface area contributed by atoms with Gasteiger partial charge in [0.2, 0.25) is 17.8 Å². The Balaban J connectivity index is 1.45. The second-order valence-electron chi connectivity index (χ2n) is 18.0. The molecule has 15 heteroatoms. The fourth-order valence-corrected chi connectivity index (χ4v) is 7.83. The number of unbranched alkanes of at least 4 members (excludes halogenated alkanes) is 5. The van der Waals surface area contributed by atoms with Crippen LogP contribution in [-0.2, 0) is 20.7 Å². The number of nitrogens with one attached hydrogen (secondary N) is 4. The SMILES string of the molecule is CCCCCCCCN(C(=N)N(CCNC(=O)C(Cc1c[nH]c2ccccc12)NC(=O)c1cc(Br)ccc1-c1c(C(N)=O)ccc2ccccc12)C(=O)OC(C)(C)C)C(=O)OC(C)(C)C. The number of ether oxygens (including phenoxy) is 2. The molecule has 0 aliphatic carbocycles. The third-order valence-corrected chi connectivity index (χ3v) is 11.0. The molecule has 1 aromatic heterocycles. The van der Waals surface area contributed by atoms with Gasteiger partial charge in [0.15, 0.2) is 0 Å². The highest BCUT2D eigenvalue weighted by Crippen LogP contribution is 2.36. The lowest BCUT2D eigenvalue weighted by Gasteiger charge is -2.33. The highest BCUT2D eigenvalue weighted by Gasteiger charge is 2.34. The number of nitrogens with two attached hydrogens (primary N) is 1. The predicted molar refractivity (Wildman–Crippen MR) is 259 cm³/mol. The van der Waals surface area contributed by atoms with E-state index in [4.69, 9.17) is 15.2 Å². The highest BCUT2D eigenvalue weighted by molar-refractivity contribution is 9.10. The molecule has 14 nitrogen and oxygen atoms in total. The molecule has 1 heterocycles. The number of carbonyl (C=O) groups is 5. The third-order valence-electron chi connectivity index (χ3n) is 10.5. The molecule has 1 unspecified atom stereocenters. The lowest BCUT2D eigenvalue weighted by Crippen LogP contribution is -2.54. The summed E-state index contributed by atoms with van der Waals surface area (Å²) in [5.74, 6) is -2.29. The van der Waals surface area contributed by atoms with Gasteiger partial charge in [0.25, 0.3) is 5.91 Å². The average Bonchev–Trinajstić information content (AvgIpc) is 3.65. The van der Waals surface area contributed by atoms with E-state index in [1.54, 1.807) is 78.1 Å². The predicted octanol–water partition coefficient (Wildman–Crippen LogP) is 10.1. The fourth-order valence-electron chi connectivity index (χ4n) is 7.47. The molecule has 0 aliphatic rings. The van der Waals surface area contributed by atoms with Crippen LogP contribution >= 0.6 is 15.9 Å².